The molecule has 1 heterocycles. The zero-order valence-electron chi connectivity index (χ0n) is 13.6. The molecule has 3 aromatic rings. The number of rotatable bonds is 5. The Kier molecular flexibility index (Phi) is 4.30. The quantitative estimate of drug-likeness (QED) is 0.441. The van der Waals surface area contributed by atoms with Gasteiger partial charge in [-0.3, -0.25) is 14.9 Å². The number of hydrogen-bond donors (Lipinski definition) is 1. The van der Waals surface area contributed by atoms with Gasteiger partial charge in [-0.05, 0) is 25.1 Å². The van der Waals surface area contributed by atoms with Crippen LogP contribution in [0.15, 0.2) is 61.4 Å². The van der Waals surface area contributed by atoms with Crippen LogP contribution in [0.25, 0.3) is 17.2 Å². The molecule has 7 nitrogen and oxygen atoms in total. The van der Waals surface area contributed by atoms with Crippen molar-refractivity contribution in [2.24, 2.45) is 0 Å². The Labute approximate surface area is 144 Å². The molecule has 0 fully saturated rings. The third-order valence-corrected chi connectivity index (χ3v) is 4.04. The van der Waals surface area contributed by atoms with Gasteiger partial charge in [0.1, 0.15) is 5.69 Å². The highest BCUT2D eigenvalue weighted by Gasteiger charge is 2.26. The lowest BCUT2D eigenvalue weighted by atomic mass is 10.2. The maximum Gasteiger partial charge on any atom is 0.292 e. The van der Waals surface area contributed by atoms with Crippen LogP contribution in [-0.4, -0.2) is 15.4 Å². The average Bonchev–Trinajstić information content (AvgIpc) is 3.00. The topological polar surface area (TPSA) is 81.0 Å². The van der Waals surface area contributed by atoms with Gasteiger partial charge in [0.05, 0.1) is 11.1 Å². The molecule has 0 bridgehead atoms. The van der Waals surface area contributed by atoms with Gasteiger partial charge in [-0.1, -0.05) is 30.8 Å². The maximum atomic E-state index is 12.6. The van der Waals surface area contributed by atoms with Crippen molar-refractivity contribution in [2.45, 2.75) is 13.0 Å². The van der Waals surface area contributed by atoms with E-state index in [0.717, 1.165) is 11.0 Å². The first-order valence-corrected chi connectivity index (χ1v) is 7.70. The minimum Gasteiger partial charge on any atom is -0.317 e. The highest BCUT2D eigenvalue weighted by atomic mass is 16.6. The summed E-state index contributed by atoms with van der Waals surface area (Å²) in [6.45, 7) is 5.51. The van der Waals surface area contributed by atoms with Crippen molar-refractivity contribution < 1.29 is 14.3 Å². The van der Waals surface area contributed by atoms with Gasteiger partial charge >= 0.3 is 0 Å². The van der Waals surface area contributed by atoms with E-state index in [1.54, 1.807) is 36.2 Å². The number of anilines is 1. The van der Waals surface area contributed by atoms with Crippen LogP contribution in [0.3, 0.4) is 0 Å². The van der Waals surface area contributed by atoms with Crippen LogP contribution in [0.1, 0.15) is 13.0 Å². The lowest BCUT2D eigenvalue weighted by Crippen LogP contribution is -2.43. The lowest BCUT2D eigenvalue weighted by molar-refractivity contribution is -0.680. The lowest BCUT2D eigenvalue weighted by Gasteiger charge is -2.10. The van der Waals surface area contributed by atoms with Gasteiger partial charge in [0.2, 0.25) is 6.33 Å². The number of para-hydroxylation sites is 4. The van der Waals surface area contributed by atoms with Crippen LogP contribution in [0.5, 0.6) is 0 Å². The van der Waals surface area contributed by atoms with E-state index in [9.17, 15) is 14.9 Å². The Morgan fingerprint density at radius 2 is 1.96 bits per heavy atom. The highest BCUT2D eigenvalue weighted by Crippen LogP contribution is 2.24. The molecule has 0 aliphatic rings. The van der Waals surface area contributed by atoms with Gasteiger partial charge in [0.25, 0.3) is 11.6 Å². The number of imidazole rings is 1. The maximum absolute atomic E-state index is 12.6. The Hall–Kier alpha value is -3.48. The van der Waals surface area contributed by atoms with Gasteiger partial charge in [-0.25, -0.2) is 9.13 Å². The minimum atomic E-state index is -0.564. The van der Waals surface area contributed by atoms with Crippen molar-refractivity contribution >= 4 is 34.5 Å². The fourth-order valence-electron chi connectivity index (χ4n) is 2.72. The number of carbonyl (C=O) groups excluding carboxylic acids is 1. The van der Waals surface area contributed by atoms with Crippen LogP contribution >= 0.6 is 0 Å². The normalized spacial score (nSPS) is 11.9. The van der Waals surface area contributed by atoms with Crippen LogP contribution in [0.2, 0.25) is 0 Å². The monoisotopic (exact) mass is 337 g/mol. The number of aromatic nitrogens is 2. The summed E-state index contributed by atoms with van der Waals surface area (Å²) in [5, 5.41) is 13.7. The summed E-state index contributed by atoms with van der Waals surface area (Å²) in [7, 11) is 0. The summed E-state index contributed by atoms with van der Waals surface area (Å²) in [5.74, 6) is -0.341. The number of benzene rings is 2. The second-order valence-corrected chi connectivity index (χ2v) is 5.54. The molecule has 0 saturated carbocycles. The summed E-state index contributed by atoms with van der Waals surface area (Å²) in [6.07, 6.45) is 3.44. The molecule has 2 aromatic carbocycles. The van der Waals surface area contributed by atoms with Crippen molar-refractivity contribution in [3.8, 4) is 0 Å². The molecule has 1 amide bonds. The summed E-state index contributed by atoms with van der Waals surface area (Å²) in [6, 6.07) is 13.1. The molecule has 0 aliphatic carbocycles. The van der Waals surface area contributed by atoms with Gasteiger partial charge in [0.15, 0.2) is 17.1 Å². The smallest absolute Gasteiger partial charge is 0.292 e. The van der Waals surface area contributed by atoms with Crippen molar-refractivity contribution in [3.63, 3.8) is 0 Å². The molecular weight excluding hydrogens is 320 g/mol. The van der Waals surface area contributed by atoms with Crippen LogP contribution in [0, 0.1) is 10.1 Å². The molecular formula is C18H17N4O3+. The third-order valence-electron chi connectivity index (χ3n) is 4.04. The Bertz CT molecular complexity index is 977. The van der Waals surface area contributed by atoms with E-state index in [4.69, 9.17) is 0 Å². The predicted molar refractivity (Wildman–Crippen MR) is 95.0 cm³/mol. The summed E-state index contributed by atoms with van der Waals surface area (Å²) >= 11 is 0. The standard InChI is InChI=1S/C18H16N4O3/c1-3-20-12-21(17-11-7-6-10-16(17)20)13(2)18(23)19-14-8-4-5-9-15(14)22(24)25/h3-13H,1H2,2H3/p+1/t13-/m1/s1. The van der Waals surface area contributed by atoms with Gasteiger partial charge in [-0.2, -0.15) is 0 Å². The third kappa shape index (κ3) is 2.99. The van der Waals surface area contributed by atoms with E-state index < -0.39 is 11.0 Å². The van der Waals surface area contributed by atoms with Crippen molar-refractivity contribution in [2.75, 3.05) is 5.32 Å². The first-order chi connectivity index (χ1) is 12.0. The first kappa shape index (κ1) is 16.4. The molecule has 25 heavy (non-hydrogen) atoms. The Morgan fingerprint density at radius 3 is 2.68 bits per heavy atom. The Morgan fingerprint density at radius 1 is 1.28 bits per heavy atom. The van der Waals surface area contributed by atoms with E-state index in [1.165, 1.54) is 12.1 Å². The molecule has 0 spiro atoms. The first-order valence-electron chi connectivity index (χ1n) is 7.70. The van der Waals surface area contributed by atoms with Crippen LogP contribution in [-0.2, 0) is 4.79 Å². The fourth-order valence-corrected chi connectivity index (χ4v) is 2.72. The number of nitro benzene ring substituents is 1. The number of amides is 1. The van der Waals surface area contributed by atoms with Crippen LogP contribution < -0.4 is 9.88 Å². The zero-order valence-corrected chi connectivity index (χ0v) is 13.6. The van der Waals surface area contributed by atoms with Crippen molar-refractivity contribution in [1.82, 2.24) is 4.57 Å². The second kappa shape index (κ2) is 6.56. The minimum absolute atomic E-state index is 0.137. The second-order valence-electron chi connectivity index (χ2n) is 5.54. The fraction of sp³-hybridized carbons (Fsp3) is 0.111. The number of hydrogen-bond acceptors (Lipinski definition) is 3. The van der Waals surface area contributed by atoms with E-state index in [2.05, 4.69) is 11.9 Å². The van der Waals surface area contributed by atoms with E-state index >= 15 is 0 Å². The van der Waals surface area contributed by atoms with Gasteiger partial charge < -0.3 is 5.32 Å². The zero-order chi connectivity index (χ0) is 18.0. The molecule has 1 atom stereocenters. The number of fused-ring (bicyclic) bond motifs is 1. The summed E-state index contributed by atoms with van der Waals surface area (Å²) in [4.78, 5) is 23.2. The molecule has 126 valence electrons. The van der Waals surface area contributed by atoms with Crippen molar-refractivity contribution in [3.05, 3.63) is 71.6 Å². The molecule has 1 N–H and O–H groups in total. The molecule has 0 radical (unpaired) electrons. The van der Waals surface area contributed by atoms with E-state index in [1.807, 2.05) is 28.8 Å². The summed E-state index contributed by atoms with van der Waals surface area (Å²) in [5.41, 5.74) is 1.83. The van der Waals surface area contributed by atoms with E-state index in [-0.39, 0.29) is 17.3 Å². The number of nitro groups is 1. The molecule has 3 rings (SSSR count). The predicted octanol–water partition coefficient (Wildman–Crippen LogP) is 3.14. The highest BCUT2D eigenvalue weighted by molar-refractivity contribution is 5.94. The van der Waals surface area contributed by atoms with Gasteiger partial charge in [0, 0.05) is 6.07 Å². The molecule has 0 unspecified atom stereocenters. The van der Waals surface area contributed by atoms with E-state index in [0.29, 0.717) is 0 Å². The largest absolute Gasteiger partial charge is 0.317 e. The number of nitrogens with zero attached hydrogens (tertiary/aromatic N) is 3. The van der Waals surface area contributed by atoms with Crippen molar-refractivity contribution in [1.29, 1.82) is 0 Å². The molecule has 0 saturated heterocycles. The SMILES string of the molecule is C=Cn1c[n+]([C@H](C)C(=O)Nc2ccccc2[N+](=O)[O-])c2ccccc21. The Balaban J connectivity index is 1.94. The number of carbonyl (C=O) groups is 1. The summed E-state index contributed by atoms with van der Waals surface area (Å²) < 4.78 is 3.63. The molecule has 7 heteroatoms. The molecule has 1 aromatic heterocycles. The number of nitrogens with one attached hydrogen (secondary N) is 1. The van der Waals surface area contributed by atoms with Crippen LogP contribution in [0.4, 0.5) is 11.4 Å². The average molecular weight is 337 g/mol. The molecule has 0 aliphatic heterocycles. The van der Waals surface area contributed by atoms with Gasteiger partial charge in [-0.15, -0.1) is 0 Å².